The van der Waals surface area contributed by atoms with Gasteiger partial charge in [-0.2, -0.15) is 0 Å². The van der Waals surface area contributed by atoms with Gasteiger partial charge in [0.05, 0.1) is 0 Å². The van der Waals surface area contributed by atoms with Crippen molar-refractivity contribution < 1.29 is 4.42 Å². The first-order chi connectivity index (χ1) is 9.84. The first kappa shape index (κ1) is 15.8. The Bertz CT molecular complexity index is 538. The van der Waals surface area contributed by atoms with Crippen molar-refractivity contribution in [3.8, 4) is 0 Å². The number of aromatic nitrogens is 2. The minimum atomic E-state index is -0.357. The molecule has 1 aromatic heterocycles. The summed E-state index contributed by atoms with van der Waals surface area (Å²) >= 11 is 0. The predicted octanol–water partition coefficient (Wildman–Crippen LogP) is 2.92. The summed E-state index contributed by atoms with van der Waals surface area (Å²) in [4.78, 5) is 2.17. The van der Waals surface area contributed by atoms with Gasteiger partial charge in [0.25, 0.3) is 0 Å². The summed E-state index contributed by atoms with van der Waals surface area (Å²) in [5, 5.41) is 8.27. The first-order valence-corrected chi connectivity index (χ1v) is 7.23. The quantitative estimate of drug-likeness (QED) is 0.944. The van der Waals surface area contributed by atoms with Gasteiger partial charge in [-0.3, -0.25) is 0 Å². The number of anilines is 1. The van der Waals surface area contributed by atoms with Crippen LogP contribution in [0.1, 0.15) is 43.2 Å². The highest BCUT2D eigenvalue weighted by atomic mass is 35.5. The molecule has 5 nitrogen and oxygen atoms in total. The number of nitrogens with two attached hydrogens (primary N) is 1. The highest BCUT2D eigenvalue weighted by Crippen LogP contribution is 2.23. The summed E-state index contributed by atoms with van der Waals surface area (Å²) in [5.74, 6) is 0.482. The molecule has 2 aromatic rings. The van der Waals surface area contributed by atoms with E-state index in [-0.39, 0.29) is 18.4 Å². The molecule has 2 N–H and O–H groups in total. The summed E-state index contributed by atoms with van der Waals surface area (Å²) in [7, 11) is 0. The normalized spacial score (nSPS) is 16.9. The molecule has 0 saturated carbocycles. The van der Waals surface area contributed by atoms with E-state index in [1.807, 2.05) is 30.3 Å². The molecule has 1 fully saturated rings. The molecule has 6 heteroatoms. The Morgan fingerprint density at radius 3 is 2.33 bits per heavy atom. The fraction of sp³-hybridized carbons (Fsp3) is 0.467. The third-order valence-electron chi connectivity index (χ3n) is 3.73. The van der Waals surface area contributed by atoms with E-state index in [9.17, 15) is 0 Å². The minimum Gasteiger partial charge on any atom is -0.406 e. The zero-order valence-electron chi connectivity index (χ0n) is 11.9. The fourth-order valence-electron chi connectivity index (χ4n) is 2.54. The van der Waals surface area contributed by atoms with Gasteiger partial charge < -0.3 is 15.1 Å². The van der Waals surface area contributed by atoms with Crippen molar-refractivity contribution in [1.82, 2.24) is 10.2 Å². The minimum absolute atomic E-state index is 0. The molecule has 2 heterocycles. The summed E-state index contributed by atoms with van der Waals surface area (Å²) < 4.78 is 5.77. The summed E-state index contributed by atoms with van der Waals surface area (Å²) in [6, 6.07) is 10.1. The Kier molecular flexibility index (Phi) is 5.59. The third-order valence-corrected chi connectivity index (χ3v) is 3.73. The number of hydrogen-bond acceptors (Lipinski definition) is 5. The summed E-state index contributed by atoms with van der Waals surface area (Å²) in [6.07, 6.45) is 4.92. The van der Waals surface area contributed by atoms with Crippen molar-refractivity contribution in [2.45, 2.75) is 31.7 Å². The Morgan fingerprint density at radius 1 is 1.00 bits per heavy atom. The molecule has 114 valence electrons. The molecule has 1 aliphatic rings. The number of hydrogen-bond donors (Lipinski definition) is 1. The van der Waals surface area contributed by atoms with E-state index in [0.717, 1.165) is 18.7 Å². The standard InChI is InChI=1S/C15H20N4O.ClH/c16-13(12-8-4-3-5-9-12)14-17-18-15(20-14)19-10-6-1-2-7-11-19;/h3-5,8-9,13H,1-2,6-7,10-11,16H2;1H/t13-;/m1./s1. The molecule has 3 rings (SSSR count). The van der Waals surface area contributed by atoms with E-state index in [2.05, 4.69) is 15.1 Å². The van der Waals surface area contributed by atoms with Gasteiger partial charge in [0, 0.05) is 13.1 Å². The van der Waals surface area contributed by atoms with Gasteiger partial charge in [-0.15, -0.1) is 17.5 Å². The predicted molar refractivity (Wildman–Crippen MR) is 84.7 cm³/mol. The van der Waals surface area contributed by atoms with Crippen molar-refractivity contribution in [3.05, 3.63) is 41.8 Å². The van der Waals surface area contributed by atoms with Crippen LogP contribution in [-0.2, 0) is 0 Å². The smallest absolute Gasteiger partial charge is 0.318 e. The topological polar surface area (TPSA) is 68.2 Å². The van der Waals surface area contributed by atoms with Gasteiger partial charge in [-0.05, 0) is 18.4 Å². The average molecular weight is 309 g/mol. The molecule has 1 atom stereocenters. The summed E-state index contributed by atoms with van der Waals surface area (Å²) in [6.45, 7) is 1.98. The zero-order valence-corrected chi connectivity index (χ0v) is 12.8. The van der Waals surface area contributed by atoms with E-state index in [1.54, 1.807) is 0 Å². The molecule has 21 heavy (non-hydrogen) atoms. The largest absolute Gasteiger partial charge is 0.406 e. The van der Waals surface area contributed by atoms with Crippen LogP contribution in [-0.4, -0.2) is 23.3 Å². The van der Waals surface area contributed by atoms with Crippen molar-refractivity contribution >= 4 is 18.4 Å². The molecule has 1 saturated heterocycles. The van der Waals surface area contributed by atoms with Gasteiger partial charge in [0.1, 0.15) is 6.04 Å². The maximum atomic E-state index is 6.18. The van der Waals surface area contributed by atoms with Gasteiger partial charge in [0.15, 0.2) is 0 Å². The third kappa shape index (κ3) is 3.74. The number of rotatable bonds is 3. The van der Waals surface area contributed by atoms with Gasteiger partial charge in [-0.25, -0.2) is 0 Å². The van der Waals surface area contributed by atoms with E-state index in [4.69, 9.17) is 10.2 Å². The Morgan fingerprint density at radius 2 is 1.67 bits per heavy atom. The van der Waals surface area contributed by atoms with Crippen molar-refractivity contribution in [1.29, 1.82) is 0 Å². The van der Waals surface area contributed by atoms with E-state index in [1.165, 1.54) is 25.7 Å². The van der Waals surface area contributed by atoms with Gasteiger partial charge >= 0.3 is 6.01 Å². The molecule has 0 aliphatic carbocycles. The van der Waals surface area contributed by atoms with Crippen LogP contribution in [0.25, 0.3) is 0 Å². The highest BCUT2D eigenvalue weighted by molar-refractivity contribution is 5.85. The number of benzene rings is 1. The lowest BCUT2D eigenvalue weighted by molar-refractivity contribution is 0.465. The molecule has 0 amide bonds. The van der Waals surface area contributed by atoms with Crippen LogP contribution >= 0.6 is 12.4 Å². The molecular formula is C15H21ClN4O. The van der Waals surface area contributed by atoms with Crippen molar-refractivity contribution in [2.75, 3.05) is 18.0 Å². The summed E-state index contributed by atoms with van der Waals surface area (Å²) in [5.41, 5.74) is 7.16. The lowest BCUT2D eigenvalue weighted by atomic mass is 10.1. The van der Waals surface area contributed by atoms with Crippen LogP contribution in [0.4, 0.5) is 6.01 Å². The van der Waals surface area contributed by atoms with Crippen LogP contribution in [0, 0.1) is 0 Å². The molecule has 0 bridgehead atoms. The lowest BCUT2D eigenvalue weighted by Crippen LogP contribution is -2.24. The molecule has 0 radical (unpaired) electrons. The Balaban J connectivity index is 0.00000161. The van der Waals surface area contributed by atoms with Gasteiger partial charge in [0.2, 0.25) is 5.89 Å². The molecule has 1 aromatic carbocycles. The van der Waals surface area contributed by atoms with Crippen LogP contribution in [0.5, 0.6) is 0 Å². The van der Waals surface area contributed by atoms with Gasteiger partial charge in [-0.1, -0.05) is 48.3 Å². The highest BCUT2D eigenvalue weighted by Gasteiger charge is 2.20. The molecule has 1 aliphatic heterocycles. The average Bonchev–Trinajstić information content (AvgIpc) is 2.83. The second kappa shape index (κ2) is 7.43. The molecule has 0 unspecified atom stereocenters. The van der Waals surface area contributed by atoms with E-state index >= 15 is 0 Å². The van der Waals surface area contributed by atoms with E-state index in [0.29, 0.717) is 11.9 Å². The Labute approximate surface area is 130 Å². The maximum Gasteiger partial charge on any atom is 0.318 e. The van der Waals surface area contributed by atoms with Crippen LogP contribution in [0.2, 0.25) is 0 Å². The van der Waals surface area contributed by atoms with Crippen LogP contribution in [0.15, 0.2) is 34.7 Å². The second-order valence-corrected chi connectivity index (χ2v) is 5.21. The molecule has 0 spiro atoms. The second-order valence-electron chi connectivity index (χ2n) is 5.21. The lowest BCUT2D eigenvalue weighted by Gasteiger charge is -2.16. The Hall–Kier alpha value is -1.59. The monoisotopic (exact) mass is 308 g/mol. The SMILES string of the molecule is Cl.N[C@H](c1ccccc1)c1nnc(N2CCCCCC2)o1. The first-order valence-electron chi connectivity index (χ1n) is 7.23. The molecular weight excluding hydrogens is 288 g/mol. The maximum absolute atomic E-state index is 6.18. The fourth-order valence-corrected chi connectivity index (χ4v) is 2.54. The van der Waals surface area contributed by atoms with Crippen molar-refractivity contribution in [2.24, 2.45) is 5.73 Å². The zero-order chi connectivity index (χ0) is 13.8. The van der Waals surface area contributed by atoms with Crippen LogP contribution in [0.3, 0.4) is 0 Å². The number of nitrogens with zero attached hydrogens (tertiary/aromatic N) is 3. The number of halogens is 1. The van der Waals surface area contributed by atoms with Crippen LogP contribution < -0.4 is 10.6 Å². The van der Waals surface area contributed by atoms with Crippen molar-refractivity contribution in [3.63, 3.8) is 0 Å². The van der Waals surface area contributed by atoms with E-state index < -0.39 is 0 Å².